The molecule has 0 aliphatic carbocycles. The number of nitrogens with one attached hydrogen (secondary N) is 1. The van der Waals surface area contributed by atoms with Crippen LogP contribution in [0.25, 0.3) is 10.8 Å². The molecule has 0 radical (unpaired) electrons. The fourth-order valence-electron chi connectivity index (χ4n) is 3.27. The summed E-state index contributed by atoms with van der Waals surface area (Å²) in [4.78, 5) is 18.5. The Hall–Kier alpha value is -1.37. The van der Waals surface area contributed by atoms with E-state index in [4.69, 9.17) is 16.3 Å². The van der Waals surface area contributed by atoms with Gasteiger partial charge in [0.1, 0.15) is 5.60 Å². The average molecular weight is 455 g/mol. The first-order valence-corrected chi connectivity index (χ1v) is 10.3. The molecule has 3 rings (SSSR count). The van der Waals surface area contributed by atoms with Gasteiger partial charge in [-0.2, -0.15) is 0 Å². The fourth-order valence-corrected chi connectivity index (χ4v) is 3.96. The Morgan fingerprint density at radius 2 is 2.04 bits per heavy atom. The second kappa shape index (κ2) is 8.33. The zero-order valence-corrected chi connectivity index (χ0v) is 18.2. The monoisotopic (exact) mass is 453 g/mol. The summed E-state index contributed by atoms with van der Waals surface area (Å²) in [7, 11) is 0. The molecule has 7 heteroatoms. The van der Waals surface area contributed by atoms with Crippen LogP contribution < -0.4 is 5.32 Å². The molecule has 0 saturated carbocycles. The van der Waals surface area contributed by atoms with Gasteiger partial charge in [0.05, 0.1) is 0 Å². The van der Waals surface area contributed by atoms with Crippen LogP contribution in [0, 0.1) is 0 Å². The minimum Gasteiger partial charge on any atom is -0.444 e. The normalized spacial score (nSPS) is 16.5. The van der Waals surface area contributed by atoms with E-state index < -0.39 is 5.60 Å². The molecular formula is C20H25BrClN3O2. The first-order valence-electron chi connectivity index (χ1n) is 9.15. The van der Waals surface area contributed by atoms with Crippen LogP contribution in [0.3, 0.4) is 0 Å². The van der Waals surface area contributed by atoms with Crippen molar-refractivity contribution in [1.29, 1.82) is 0 Å². The maximum absolute atomic E-state index is 11.9. The maximum Gasteiger partial charge on any atom is 0.407 e. The lowest BCUT2D eigenvalue weighted by Gasteiger charge is -2.33. The molecule has 1 aromatic heterocycles. The summed E-state index contributed by atoms with van der Waals surface area (Å²) >= 11 is 10.1. The number of amides is 1. The zero-order chi connectivity index (χ0) is 19.6. The highest BCUT2D eigenvalue weighted by Crippen LogP contribution is 2.29. The molecule has 0 atom stereocenters. The molecule has 0 bridgehead atoms. The van der Waals surface area contributed by atoms with E-state index in [2.05, 4.69) is 37.2 Å². The predicted molar refractivity (Wildman–Crippen MR) is 112 cm³/mol. The van der Waals surface area contributed by atoms with Gasteiger partial charge >= 0.3 is 6.09 Å². The number of aromatic nitrogens is 1. The molecular weight excluding hydrogens is 430 g/mol. The van der Waals surface area contributed by atoms with Crippen molar-refractivity contribution in [3.05, 3.63) is 39.6 Å². The molecule has 0 spiro atoms. The van der Waals surface area contributed by atoms with Gasteiger partial charge in [0.2, 0.25) is 0 Å². The third-order valence-corrected chi connectivity index (χ3v) is 5.56. The number of piperidine rings is 1. The smallest absolute Gasteiger partial charge is 0.407 e. The summed E-state index contributed by atoms with van der Waals surface area (Å²) in [6.07, 6.45) is 5.09. The second-order valence-corrected chi connectivity index (χ2v) is 9.24. The molecule has 2 heterocycles. The number of fused-ring (bicyclic) bond motifs is 1. The van der Waals surface area contributed by atoms with Gasteiger partial charge < -0.3 is 10.1 Å². The molecule has 1 N–H and O–H groups in total. The third kappa shape index (κ3) is 5.56. The number of nitrogens with zero attached hydrogens (tertiary/aromatic N) is 2. The van der Waals surface area contributed by atoms with E-state index in [1.807, 2.05) is 33.0 Å². The van der Waals surface area contributed by atoms with Crippen molar-refractivity contribution < 1.29 is 9.53 Å². The Kier molecular flexibility index (Phi) is 6.28. The van der Waals surface area contributed by atoms with Crippen LogP contribution in [0.4, 0.5) is 4.79 Å². The minimum atomic E-state index is -0.471. The largest absolute Gasteiger partial charge is 0.444 e. The number of pyridine rings is 1. The quantitative estimate of drug-likeness (QED) is 0.698. The number of hydrogen-bond acceptors (Lipinski definition) is 4. The summed E-state index contributed by atoms with van der Waals surface area (Å²) in [5.74, 6) is 0. The Morgan fingerprint density at radius 1 is 1.33 bits per heavy atom. The zero-order valence-electron chi connectivity index (χ0n) is 15.9. The van der Waals surface area contributed by atoms with Gasteiger partial charge in [0.25, 0.3) is 0 Å². The number of alkyl carbamates (subject to hydrolysis) is 1. The topological polar surface area (TPSA) is 54.5 Å². The Labute approximate surface area is 173 Å². The first-order chi connectivity index (χ1) is 12.7. The van der Waals surface area contributed by atoms with Crippen LogP contribution in [-0.2, 0) is 11.3 Å². The molecule has 146 valence electrons. The number of carbonyl (C=O) groups excluding carboxylic acids is 1. The number of benzene rings is 1. The van der Waals surface area contributed by atoms with Crippen LogP contribution in [-0.4, -0.2) is 40.7 Å². The molecule has 0 unspecified atom stereocenters. The SMILES string of the molecule is CC(C)(C)OC(=O)NC1CCN(Cc2cc3c(Br)cncc3cc2Cl)CC1. The summed E-state index contributed by atoms with van der Waals surface area (Å²) in [5, 5.41) is 5.88. The summed E-state index contributed by atoms with van der Waals surface area (Å²) in [5.41, 5.74) is 0.635. The Morgan fingerprint density at radius 3 is 2.70 bits per heavy atom. The van der Waals surface area contributed by atoms with Gasteiger partial charge in [-0.1, -0.05) is 11.6 Å². The molecule has 27 heavy (non-hydrogen) atoms. The minimum absolute atomic E-state index is 0.156. The lowest BCUT2D eigenvalue weighted by atomic mass is 10.0. The molecule has 5 nitrogen and oxygen atoms in total. The second-order valence-electron chi connectivity index (χ2n) is 7.98. The van der Waals surface area contributed by atoms with E-state index in [1.54, 1.807) is 6.20 Å². The van der Waals surface area contributed by atoms with Crippen LogP contribution in [0.5, 0.6) is 0 Å². The fraction of sp³-hybridized carbons (Fsp3) is 0.500. The standard InChI is InChI=1S/C20H25BrClN3O2/c1-20(2,3)27-19(26)24-15-4-6-25(7-5-15)12-14-8-16-13(9-18(14)22)10-23-11-17(16)21/h8-11,15H,4-7,12H2,1-3H3,(H,24,26). The lowest BCUT2D eigenvalue weighted by molar-refractivity contribution is 0.0477. The molecule has 1 aliphatic rings. The van der Waals surface area contributed by atoms with Gasteiger partial charge in [-0.3, -0.25) is 9.88 Å². The van der Waals surface area contributed by atoms with Crippen LogP contribution in [0.2, 0.25) is 5.02 Å². The average Bonchev–Trinajstić information content (AvgIpc) is 2.56. The molecule has 1 aliphatic heterocycles. The highest BCUT2D eigenvalue weighted by molar-refractivity contribution is 9.10. The van der Waals surface area contributed by atoms with Crippen LogP contribution >= 0.6 is 27.5 Å². The van der Waals surface area contributed by atoms with E-state index in [0.717, 1.165) is 58.3 Å². The molecule has 1 aromatic carbocycles. The number of hydrogen-bond donors (Lipinski definition) is 1. The molecule has 1 saturated heterocycles. The van der Waals surface area contributed by atoms with Gasteiger partial charge in [-0.25, -0.2) is 4.79 Å². The van der Waals surface area contributed by atoms with Gasteiger partial charge in [0, 0.05) is 53.0 Å². The Balaban J connectivity index is 1.58. The summed E-state index contributed by atoms with van der Waals surface area (Å²) in [6, 6.07) is 4.26. The van der Waals surface area contributed by atoms with E-state index >= 15 is 0 Å². The number of halogens is 2. The van der Waals surface area contributed by atoms with Gasteiger partial charge in [-0.05, 0) is 72.6 Å². The van der Waals surface area contributed by atoms with Crippen molar-refractivity contribution in [1.82, 2.24) is 15.2 Å². The van der Waals surface area contributed by atoms with E-state index in [0.29, 0.717) is 0 Å². The highest BCUT2D eigenvalue weighted by atomic mass is 79.9. The number of rotatable bonds is 3. The number of ether oxygens (including phenoxy) is 1. The van der Waals surface area contributed by atoms with Gasteiger partial charge in [0.15, 0.2) is 0 Å². The Bertz CT molecular complexity index is 830. The van der Waals surface area contributed by atoms with E-state index in [9.17, 15) is 4.79 Å². The summed E-state index contributed by atoms with van der Waals surface area (Å²) < 4.78 is 6.31. The van der Waals surface area contributed by atoms with Crippen molar-refractivity contribution in [2.75, 3.05) is 13.1 Å². The van der Waals surface area contributed by atoms with Crippen LogP contribution in [0.1, 0.15) is 39.2 Å². The van der Waals surface area contributed by atoms with E-state index in [-0.39, 0.29) is 12.1 Å². The predicted octanol–water partition coefficient (Wildman–Crippen LogP) is 5.14. The molecule has 2 aromatic rings. The third-order valence-electron chi connectivity index (χ3n) is 4.58. The van der Waals surface area contributed by atoms with Crippen molar-refractivity contribution in [2.45, 2.75) is 51.8 Å². The summed E-state index contributed by atoms with van der Waals surface area (Å²) in [6.45, 7) is 8.23. The first kappa shape index (κ1) is 20.4. The van der Waals surface area contributed by atoms with Gasteiger partial charge in [-0.15, -0.1) is 0 Å². The molecule has 1 amide bonds. The van der Waals surface area contributed by atoms with E-state index in [1.165, 1.54) is 0 Å². The van der Waals surface area contributed by atoms with Crippen molar-refractivity contribution in [3.8, 4) is 0 Å². The number of likely N-dealkylation sites (tertiary alicyclic amines) is 1. The van der Waals surface area contributed by atoms with Crippen molar-refractivity contribution >= 4 is 44.4 Å². The van der Waals surface area contributed by atoms with Crippen LogP contribution in [0.15, 0.2) is 29.0 Å². The van der Waals surface area contributed by atoms with Crippen molar-refractivity contribution in [3.63, 3.8) is 0 Å². The van der Waals surface area contributed by atoms with Crippen molar-refractivity contribution in [2.24, 2.45) is 0 Å². The maximum atomic E-state index is 11.9. The number of carbonyl (C=O) groups is 1. The molecule has 1 fully saturated rings. The lowest BCUT2D eigenvalue weighted by Crippen LogP contribution is -2.45. The highest BCUT2D eigenvalue weighted by Gasteiger charge is 2.24.